The zero-order valence-corrected chi connectivity index (χ0v) is 10.1. The van der Waals surface area contributed by atoms with E-state index in [4.69, 9.17) is 4.42 Å². The Balaban J connectivity index is 2.17. The van der Waals surface area contributed by atoms with Crippen LogP contribution in [0.2, 0.25) is 0 Å². The van der Waals surface area contributed by atoms with Crippen LogP contribution in [-0.4, -0.2) is 5.78 Å². The van der Waals surface area contributed by atoms with Crippen molar-refractivity contribution < 1.29 is 13.6 Å². The van der Waals surface area contributed by atoms with E-state index in [9.17, 15) is 9.18 Å². The first kappa shape index (κ1) is 11.9. The van der Waals surface area contributed by atoms with Gasteiger partial charge in [0.25, 0.3) is 0 Å². The molecule has 0 aliphatic carbocycles. The summed E-state index contributed by atoms with van der Waals surface area (Å²) in [5.74, 6) is 0.927. The smallest absolute Gasteiger partial charge is 0.161 e. The third-order valence-corrected chi connectivity index (χ3v) is 3.37. The topological polar surface area (TPSA) is 30.2 Å². The molecule has 4 heteroatoms. The second kappa shape index (κ2) is 5.19. The first-order chi connectivity index (χ1) is 8.16. The van der Waals surface area contributed by atoms with Gasteiger partial charge >= 0.3 is 0 Å². The number of carbonyl (C=O) groups is 1. The fraction of sp³-hybridized carbons (Fsp3) is 0.154. The minimum Gasteiger partial charge on any atom is -0.468 e. The van der Waals surface area contributed by atoms with Gasteiger partial charge in [-0.15, -0.1) is 11.8 Å². The molecule has 0 aliphatic rings. The van der Waals surface area contributed by atoms with Crippen LogP contribution in [0.4, 0.5) is 4.39 Å². The summed E-state index contributed by atoms with van der Waals surface area (Å²) in [6.07, 6.45) is 1.60. The Labute approximate surface area is 103 Å². The lowest BCUT2D eigenvalue weighted by atomic mass is 10.1. The summed E-state index contributed by atoms with van der Waals surface area (Å²) in [5.41, 5.74) is 0.418. The van der Waals surface area contributed by atoms with Gasteiger partial charge in [-0.25, -0.2) is 4.39 Å². The molecule has 0 saturated carbocycles. The summed E-state index contributed by atoms with van der Waals surface area (Å²) < 4.78 is 18.2. The van der Waals surface area contributed by atoms with Gasteiger partial charge in [-0.3, -0.25) is 4.79 Å². The number of rotatable bonds is 4. The molecule has 1 heterocycles. The third-order valence-electron chi connectivity index (χ3n) is 2.27. The van der Waals surface area contributed by atoms with Gasteiger partial charge in [-0.2, -0.15) is 0 Å². The van der Waals surface area contributed by atoms with Crippen molar-refractivity contribution in [2.24, 2.45) is 0 Å². The molecule has 0 atom stereocenters. The van der Waals surface area contributed by atoms with Crippen molar-refractivity contribution in [3.05, 3.63) is 53.7 Å². The summed E-state index contributed by atoms with van der Waals surface area (Å²) in [6, 6.07) is 7.93. The van der Waals surface area contributed by atoms with Gasteiger partial charge < -0.3 is 4.42 Å². The molecule has 1 aromatic heterocycles. The second-order valence-electron chi connectivity index (χ2n) is 3.56. The van der Waals surface area contributed by atoms with Gasteiger partial charge in [-0.1, -0.05) is 0 Å². The van der Waals surface area contributed by atoms with E-state index in [2.05, 4.69) is 0 Å². The van der Waals surface area contributed by atoms with Gasteiger partial charge in [0.15, 0.2) is 5.78 Å². The number of benzene rings is 1. The lowest BCUT2D eigenvalue weighted by Gasteiger charge is -2.05. The molecule has 17 heavy (non-hydrogen) atoms. The normalized spacial score (nSPS) is 10.5. The van der Waals surface area contributed by atoms with Crippen LogP contribution < -0.4 is 0 Å². The van der Waals surface area contributed by atoms with Crippen LogP contribution in [0.25, 0.3) is 0 Å². The van der Waals surface area contributed by atoms with E-state index in [1.165, 1.54) is 30.8 Å². The third kappa shape index (κ3) is 2.97. The molecule has 0 saturated heterocycles. The monoisotopic (exact) mass is 250 g/mol. The molecule has 88 valence electrons. The van der Waals surface area contributed by atoms with Crippen LogP contribution >= 0.6 is 11.8 Å². The predicted octanol–water partition coefficient (Wildman–Crippen LogP) is 3.91. The predicted molar refractivity (Wildman–Crippen MR) is 64.7 cm³/mol. The largest absolute Gasteiger partial charge is 0.468 e. The summed E-state index contributed by atoms with van der Waals surface area (Å²) in [5, 5.41) is 0. The van der Waals surface area contributed by atoms with E-state index in [0.29, 0.717) is 11.3 Å². The molecule has 0 bridgehead atoms. The molecule has 0 aliphatic heterocycles. The Morgan fingerprint density at radius 3 is 2.88 bits per heavy atom. The minimum atomic E-state index is -0.391. The maximum atomic E-state index is 13.0. The molecule has 0 radical (unpaired) electrons. The number of hydrogen-bond acceptors (Lipinski definition) is 3. The molecule has 0 N–H and O–H groups in total. The maximum absolute atomic E-state index is 13.0. The van der Waals surface area contributed by atoms with Crippen LogP contribution in [0.1, 0.15) is 23.0 Å². The van der Waals surface area contributed by atoms with Crippen molar-refractivity contribution in [3.63, 3.8) is 0 Å². The van der Waals surface area contributed by atoms with Crippen molar-refractivity contribution in [1.82, 2.24) is 0 Å². The highest BCUT2D eigenvalue weighted by molar-refractivity contribution is 7.98. The van der Waals surface area contributed by atoms with E-state index in [1.807, 2.05) is 12.1 Å². The van der Waals surface area contributed by atoms with E-state index in [1.54, 1.807) is 12.3 Å². The molecule has 2 nitrogen and oxygen atoms in total. The van der Waals surface area contributed by atoms with Gasteiger partial charge in [0.05, 0.1) is 12.0 Å². The van der Waals surface area contributed by atoms with Crippen molar-refractivity contribution in [2.45, 2.75) is 17.6 Å². The highest BCUT2D eigenvalue weighted by Crippen LogP contribution is 2.27. The van der Waals surface area contributed by atoms with Crippen LogP contribution in [0.5, 0.6) is 0 Å². The number of furan rings is 1. The summed E-state index contributed by atoms with van der Waals surface area (Å²) in [6.45, 7) is 1.44. The maximum Gasteiger partial charge on any atom is 0.161 e. The Bertz CT molecular complexity index is 520. The molecular weight excluding hydrogens is 239 g/mol. The lowest BCUT2D eigenvalue weighted by molar-refractivity contribution is 0.101. The highest BCUT2D eigenvalue weighted by Gasteiger charge is 2.09. The van der Waals surface area contributed by atoms with Gasteiger partial charge in [0.1, 0.15) is 11.6 Å². The molecule has 1 aromatic carbocycles. The van der Waals surface area contributed by atoms with E-state index in [0.717, 1.165) is 10.7 Å². The molecular formula is C13H11FO2S. The first-order valence-corrected chi connectivity index (χ1v) is 6.11. The van der Waals surface area contributed by atoms with Crippen molar-refractivity contribution >= 4 is 17.5 Å². The quantitative estimate of drug-likeness (QED) is 0.608. The summed E-state index contributed by atoms with van der Waals surface area (Å²) in [4.78, 5) is 12.1. The van der Waals surface area contributed by atoms with Gasteiger partial charge in [-0.05, 0) is 37.3 Å². The highest BCUT2D eigenvalue weighted by atomic mass is 32.2. The number of carbonyl (C=O) groups excluding carboxylic acids is 1. The van der Waals surface area contributed by atoms with E-state index < -0.39 is 5.82 Å². The summed E-state index contributed by atoms with van der Waals surface area (Å²) in [7, 11) is 0. The van der Waals surface area contributed by atoms with Gasteiger partial charge in [0.2, 0.25) is 0 Å². The standard InChI is InChI=1S/C13H11FO2S/c1-9(15)12-7-10(14)4-5-13(12)17-8-11-3-2-6-16-11/h2-7H,8H2,1H3. The average Bonchev–Trinajstić information content (AvgIpc) is 2.80. The molecule has 2 aromatic rings. The number of hydrogen-bond donors (Lipinski definition) is 0. The Morgan fingerprint density at radius 1 is 1.41 bits per heavy atom. The molecule has 2 rings (SSSR count). The average molecular weight is 250 g/mol. The Kier molecular flexibility index (Phi) is 3.64. The fourth-order valence-corrected chi connectivity index (χ4v) is 2.43. The Morgan fingerprint density at radius 2 is 2.24 bits per heavy atom. The lowest BCUT2D eigenvalue weighted by Crippen LogP contribution is -1.96. The minimum absolute atomic E-state index is 0.133. The van der Waals surface area contributed by atoms with Crippen molar-refractivity contribution in [3.8, 4) is 0 Å². The number of thioether (sulfide) groups is 1. The number of ketones is 1. The molecule has 0 unspecified atom stereocenters. The number of Topliss-reactive ketones (excluding diaryl/α,β-unsaturated/α-hetero) is 1. The van der Waals surface area contributed by atoms with Crippen LogP contribution in [0.15, 0.2) is 45.9 Å². The summed E-state index contributed by atoms with van der Waals surface area (Å²) >= 11 is 1.46. The molecule has 0 amide bonds. The zero-order chi connectivity index (χ0) is 12.3. The van der Waals surface area contributed by atoms with Crippen molar-refractivity contribution in [2.75, 3.05) is 0 Å². The van der Waals surface area contributed by atoms with E-state index in [-0.39, 0.29) is 5.78 Å². The first-order valence-electron chi connectivity index (χ1n) is 5.12. The van der Waals surface area contributed by atoms with E-state index >= 15 is 0 Å². The van der Waals surface area contributed by atoms with Crippen molar-refractivity contribution in [1.29, 1.82) is 0 Å². The SMILES string of the molecule is CC(=O)c1cc(F)ccc1SCc1ccco1. The Hall–Kier alpha value is -1.55. The second-order valence-corrected chi connectivity index (χ2v) is 4.58. The van der Waals surface area contributed by atoms with Crippen LogP contribution in [0.3, 0.4) is 0 Å². The fourth-order valence-electron chi connectivity index (χ4n) is 1.45. The van der Waals surface area contributed by atoms with Crippen LogP contribution in [0, 0.1) is 5.82 Å². The number of halogens is 1. The zero-order valence-electron chi connectivity index (χ0n) is 9.27. The molecule has 0 fully saturated rings. The molecule has 0 spiro atoms. The van der Waals surface area contributed by atoms with Crippen LogP contribution in [-0.2, 0) is 5.75 Å². The van der Waals surface area contributed by atoms with Gasteiger partial charge in [0, 0.05) is 10.5 Å².